The van der Waals surface area contributed by atoms with Gasteiger partial charge < -0.3 is 4.90 Å². The number of thiophene rings is 1. The molecule has 0 unspecified atom stereocenters. The second-order valence-electron chi connectivity index (χ2n) is 4.96. The summed E-state index contributed by atoms with van der Waals surface area (Å²) in [5.41, 5.74) is 2.21. The number of sulfonamides is 1. The number of hydrogen-bond acceptors (Lipinski definition) is 3. The fraction of sp³-hybridized carbons (Fsp3) is 0.286. The van der Waals surface area contributed by atoms with Crippen LogP contribution < -0.4 is 9.62 Å². The molecule has 0 fully saturated rings. The van der Waals surface area contributed by atoms with Crippen LogP contribution in [-0.4, -0.2) is 22.5 Å². The molecule has 0 spiro atoms. The molecule has 2 rings (SSSR count). The minimum atomic E-state index is -3.38. The zero-order valence-electron chi connectivity index (χ0n) is 11.6. The number of quaternary nitrogens is 1. The SMILES string of the molecule is C[NH+](C)Cc1ccc(CNS(=O)(=O)c2cccs2)cc1. The van der Waals surface area contributed by atoms with Gasteiger partial charge in [0.25, 0.3) is 0 Å². The molecule has 1 aromatic carbocycles. The zero-order valence-corrected chi connectivity index (χ0v) is 13.2. The molecule has 2 aromatic rings. The fourth-order valence-corrected chi connectivity index (χ4v) is 3.90. The van der Waals surface area contributed by atoms with Crippen molar-refractivity contribution < 1.29 is 13.3 Å². The highest BCUT2D eigenvalue weighted by molar-refractivity contribution is 7.91. The van der Waals surface area contributed by atoms with Crippen molar-refractivity contribution in [2.24, 2.45) is 0 Å². The van der Waals surface area contributed by atoms with Crippen LogP contribution in [0.3, 0.4) is 0 Å². The molecule has 1 aromatic heterocycles. The topological polar surface area (TPSA) is 50.6 Å². The van der Waals surface area contributed by atoms with Gasteiger partial charge in [-0.05, 0) is 17.0 Å². The van der Waals surface area contributed by atoms with Gasteiger partial charge in [-0.2, -0.15) is 0 Å². The summed E-state index contributed by atoms with van der Waals surface area (Å²) in [5, 5.41) is 1.76. The van der Waals surface area contributed by atoms with Crippen molar-refractivity contribution in [1.29, 1.82) is 0 Å². The average Bonchev–Trinajstić information content (AvgIpc) is 2.92. The molecular formula is C14H19N2O2S2+. The Hall–Kier alpha value is -1.21. The summed E-state index contributed by atoms with van der Waals surface area (Å²) >= 11 is 1.22. The quantitative estimate of drug-likeness (QED) is 0.832. The number of nitrogens with one attached hydrogen (secondary N) is 2. The number of benzene rings is 1. The van der Waals surface area contributed by atoms with Crippen LogP contribution in [0.4, 0.5) is 0 Å². The first-order valence-corrected chi connectivity index (χ1v) is 8.74. The molecule has 0 atom stereocenters. The lowest BCUT2D eigenvalue weighted by Gasteiger charge is -2.08. The second-order valence-corrected chi connectivity index (χ2v) is 7.90. The molecule has 20 heavy (non-hydrogen) atoms. The molecule has 0 amide bonds. The van der Waals surface area contributed by atoms with E-state index in [1.165, 1.54) is 21.8 Å². The smallest absolute Gasteiger partial charge is 0.250 e. The van der Waals surface area contributed by atoms with E-state index in [1.807, 2.05) is 24.3 Å². The van der Waals surface area contributed by atoms with Crippen molar-refractivity contribution in [1.82, 2.24) is 4.72 Å². The van der Waals surface area contributed by atoms with E-state index in [4.69, 9.17) is 0 Å². The third kappa shape index (κ3) is 4.14. The minimum absolute atomic E-state index is 0.315. The van der Waals surface area contributed by atoms with E-state index >= 15 is 0 Å². The van der Waals surface area contributed by atoms with Crippen molar-refractivity contribution >= 4 is 21.4 Å². The van der Waals surface area contributed by atoms with Crippen LogP contribution in [0.5, 0.6) is 0 Å². The fourth-order valence-electron chi connectivity index (χ4n) is 1.85. The monoisotopic (exact) mass is 311 g/mol. The molecule has 0 aliphatic carbocycles. The molecule has 0 aliphatic heterocycles. The van der Waals surface area contributed by atoms with Crippen LogP contribution in [0.15, 0.2) is 46.0 Å². The molecule has 0 radical (unpaired) electrons. The maximum atomic E-state index is 12.0. The van der Waals surface area contributed by atoms with E-state index in [0.29, 0.717) is 10.8 Å². The van der Waals surface area contributed by atoms with Gasteiger partial charge >= 0.3 is 0 Å². The molecule has 6 heteroatoms. The summed E-state index contributed by atoms with van der Waals surface area (Å²) in [6.45, 7) is 1.27. The summed E-state index contributed by atoms with van der Waals surface area (Å²) in [6, 6.07) is 11.4. The summed E-state index contributed by atoms with van der Waals surface area (Å²) in [5.74, 6) is 0. The first-order chi connectivity index (χ1) is 9.47. The van der Waals surface area contributed by atoms with Crippen LogP contribution in [0.25, 0.3) is 0 Å². The molecule has 0 bridgehead atoms. The summed E-state index contributed by atoms with van der Waals surface area (Å²) in [7, 11) is 0.821. The largest absolute Gasteiger partial charge is 0.336 e. The van der Waals surface area contributed by atoms with Gasteiger partial charge in [-0.1, -0.05) is 30.3 Å². The third-order valence-corrected chi connectivity index (χ3v) is 5.61. The molecule has 0 aliphatic rings. The van der Waals surface area contributed by atoms with Crippen LogP contribution in [0.2, 0.25) is 0 Å². The Morgan fingerprint density at radius 2 is 1.75 bits per heavy atom. The minimum Gasteiger partial charge on any atom is -0.336 e. The molecule has 0 saturated heterocycles. The lowest BCUT2D eigenvalue weighted by atomic mass is 10.1. The third-order valence-electron chi connectivity index (χ3n) is 2.81. The molecule has 1 heterocycles. The van der Waals surface area contributed by atoms with Crippen molar-refractivity contribution in [2.75, 3.05) is 14.1 Å². The normalized spacial score (nSPS) is 11.9. The molecular weight excluding hydrogens is 292 g/mol. The summed E-state index contributed by atoms with van der Waals surface area (Å²) < 4.78 is 26.9. The first kappa shape index (κ1) is 15.2. The molecule has 2 N–H and O–H groups in total. The van der Waals surface area contributed by atoms with Gasteiger partial charge in [0.2, 0.25) is 10.0 Å². The van der Waals surface area contributed by atoms with Gasteiger partial charge in [0, 0.05) is 12.1 Å². The van der Waals surface area contributed by atoms with E-state index in [1.54, 1.807) is 17.5 Å². The standard InChI is InChI=1S/C14H18N2O2S2/c1-16(2)11-13-7-5-12(6-8-13)10-15-20(17,18)14-4-3-9-19-14/h3-9,15H,10-11H2,1-2H3/p+1. The predicted octanol–water partition coefficient (Wildman–Crippen LogP) is 0.871. The van der Waals surface area contributed by atoms with Crippen molar-refractivity contribution in [3.05, 3.63) is 52.9 Å². The molecule has 0 saturated carbocycles. The van der Waals surface area contributed by atoms with E-state index in [-0.39, 0.29) is 0 Å². The highest BCUT2D eigenvalue weighted by atomic mass is 32.2. The molecule has 108 valence electrons. The van der Waals surface area contributed by atoms with Crippen molar-refractivity contribution in [3.8, 4) is 0 Å². The second kappa shape index (κ2) is 6.49. The van der Waals surface area contributed by atoms with Crippen LogP contribution in [0, 0.1) is 0 Å². The van der Waals surface area contributed by atoms with E-state index < -0.39 is 10.0 Å². The van der Waals surface area contributed by atoms with E-state index in [0.717, 1.165) is 12.1 Å². The maximum absolute atomic E-state index is 12.0. The first-order valence-electron chi connectivity index (χ1n) is 6.37. The maximum Gasteiger partial charge on any atom is 0.250 e. The zero-order chi connectivity index (χ0) is 14.6. The van der Waals surface area contributed by atoms with Gasteiger partial charge in [-0.15, -0.1) is 11.3 Å². The van der Waals surface area contributed by atoms with Gasteiger partial charge in [-0.3, -0.25) is 0 Å². The summed E-state index contributed by atoms with van der Waals surface area (Å²) in [6.07, 6.45) is 0. The van der Waals surface area contributed by atoms with Gasteiger partial charge in [0.1, 0.15) is 10.8 Å². The lowest BCUT2D eigenvalue weighted by molar-refractivity contribution is -0.872. The van der Waals surface area contributed by atoms with Crippen LogP contribution >= 0.6 is 11.3 Å². The Morgan fingerprint density at radius 3 is 2.30 bits per heavy atom. The Morgan fingerprint density at radius 1 is 1.10 bits per heavy atom. The lowest BCUT2D eigenvalue weighted by Crippen LogP contribution is -3.04. The van der Waals surface area contributed by atoms with E-state index in [9.17, 15) is 8.42 Å². The highest BCUT2D eigenvalue weighted by Crippen LogP contribution is 2.15. The Labute approximate surface area is 124 Å². The number of hydrogen-bond donors (Lipinski definition) is 2. The Bertz CT molecular complexity index is 632. The average molecular weight is 311 g/mol. The van der Waals surface area contributed by atoms with Gasteiger partial charge in [0.15, 0.2) is 0 Å². The van der Waals surface area contributed by atoms with Crippen molar-refractivity contribution in [3.63, 3.8) is 0 Å². The van der Waals surface area contributed by atoms with Crippen LogP contribution in [0.1, 0.15) is 11.1 Å². The predicted molar refractivity (Wildman–Crippen MR) is 81.3 cm³/mol. The Balaban J connectivity index is 1.98. The van der Waals surface area contributed by atoms with Gasteiger partial charge in [-0.25, -0.2) is 13.1 Å². The number of rotatable bonds is 6. The highest BCUT2D eigenvalue weighted by Gasteiger charge is 2.14. The van der Waals surface area contributed by atoms with Gasteiger partial charge in [0.05, 0.1) is 14.1 Å². The van der Waals surface area contributed by atoms with Crippen LogP contribution in [-0.2, 0) is 23.1 Å². The molecule has 4 nitrogen and oxygen atoms in total. The Kier molecular flexibility index (Phi) is 4.93. The van der Waals surface area contributed by atoms with E-state index in [2.05, 4.69) is 18.8 Å². The summed E-state index contributed by atoms with van der Waals surface area (Å²) in [4.78, 5) is 1.36. The van der Waals surface area contributed by atoms with Crippen molar-refractivity contribution in [2.45, 2.75) is 17.3 Å².